The van der Waals surface area contributed by atoms with Crippen LogP contribution in [0.2, 0.25) is 5.02 Å². The second-order valence-corrected chi connectivity index (χ2v) is 4.47. The maximum absolute atomic E-state index is 13.0. The average Bonchev–Trinajstić information content (AvgIpc) is 2.47. The molecule has 0 amide bonds. The zero-order chi connectivity index (χ0) is 14.4. The molecule has 0 heterocycles. The molecule has 0 unspecified atom stereocenters. The highest BCUT2D eigenvalue weighted by molar-refractivity contribution is 6.30. The van der Waals surface area contributed by atoms with Crippen LogP contribution in [0.1, 0.15) is 11.1 Å². The molecule has 0 aromatic heterocycles. The standard InChI is InChI=1S/C16H13ClFNO/c17-15-10-13(5-8-16(15)18)11-20-14-6-3-12(4-7-14)2-1-9-19/h3-8,10H,9,11,19H2. The summed E-state index contributed by atoms with van der Waals surface area (Å²) in [7, 11) is 0. The number of rotatable bonds is 3. The molecule has 0 aliphatic carbocycles. The molecule has 0 radical (unpaired) electrons. The number of benzene rings is 2. The molecule has 0 fully saturated rings. The van der Waals surface area contributed by atoms with Crippen molar-refractivity contribution in [2.24, 2.45) is 5.73 Å². The van der Waals surface area contributed by atoms with Gasteiger partial charge in [-0.05, 0) is 42.0 Å². The lowest BCUT2D eigenvalue weighted by molar-refractivity contribution is 0.306. The second kappa shape index (κ2) is 6.95. The van der Waals surface area contributed by atoms with Gasteiger partial charge in [0.2, 0.25) is 0 Å². The molecular formula is C16H13ClFNO. The Morgan fingerprint density at radius 3 is 2.55 bits per heavy atom. The van der Waals surface area contributed by atoms with Crippen molar-refractivity contribution in [2.75, 3.05) is 6.54 Å². The van der Waals surface area contributed by atoms with Crippen LogP contribution in [0.15, 0.2) is 42.5 Å². The van der Waals surface area contributed by atoms with Crippen LogP contribution in [-0.4, -0.2) is 6.54 Å². The van der Waals surface area contributed by atoms with Gasteiger partial charge in [-0.1, -0.05) is 29.5 Å². The Morgan fingerprint density at radius 2 is 1.90 bits per heavy atom. The van der Waals surface area contributed by atoms with Gasteiger partial charge >= 0.3 is 0 Å². The molecule has 2 nitrogen and oxygen atoms in total. The van der Waals surface area contributed by atoms with E-state index >= 15 is 0 Å². The van der Waals surface area contributed by atoms with Crippen molar-refractivity contribution in [3.8, 4) is 17.6 Å². The number of halogens is 2. The maximum Gasteiger partial charge on any atom is 0.141 e. The molecule has 4 heteroatoms. The lowest BCUT2D eigenvalue weighted by Gasteiger charge is -2.07. The molecule has 2 aromatic carbocycles. The minimum absolute atomic E-state index is 0.0958. The first-order chi connectivity index (χ1) is 9.69. The normalized spacial score (nSPS) is 9.75. The Balaban J connectivity index is 1.98. The number of hydrogen-bond acceptors (Lipinski definition) is 2. The van der Waals surface area contributed by atoms with Gasteiger partial charge in [-0.2, -0.15) is 0 Å². The molecule has 0 atom stereocenters. The van der Waals surface area contributed by atoms with Crippen LogP contribution in [0.3, 0.4) is 0 Å². The van der Waals surface area contributed by atoms with Gasteiger partial charge in [-0.3, -0.25) is 0 Å². The SMILES string of the molecule is NCC#Cc1ccc(OCc2ccc(F)c(Cl)c2)cc1. The van der Waals surface area contributed by atoms with E-state index in [2.05, 4.69) is 11.8 Å². The van der Waals surface area contributed by atoms with Gasteiger partial charge in [0.25, 0.3) is 0 Å². The van der Waals surface area contributed by atoms with Crippen molar-refractivity contribution in [2.45, 2.75) is 6.61 Å². The molecule has 102 valence electrons. The van der Waals surface area contributed by atoms with Crippen LogP contribution >= 0.6 is 11.6 Å². The average molecular weight is 290 g/mol. The molecule has 0 bridgehead atoms. The van der Waals surface area contributed by atoms with Gasteiger partial charge in [-0.25, -0.2) is 4.39 Å². The minimum Gasteiger partial charge on any atom is -0.489 e. The number of nitrogens with two attached hydrogens (primary N) is 1. The van der Waals surface area contributed by atoms with Crippen molar-refractivity contribution >= 4 is 11.6 Å². The molecule has 0 aliphatic rings. The molecule has 0 saturated carbocycles. The number of hydrogen-bond donors (Lipinski definition) is 1. The van der Waals surface area contributed by atoms with E-state index in [1.54, 1.807) is 12.1 Å². The third-order valence-electron chi connectivity index (χ3n) is 2.58. The highest BCUT2D eigenvalue weighted by Crippen LogP contribution is 2.18. The Kier molecular flexibility index (Phi) is 5.00. The van der Waals surface area contributed by atoms with Crippen LogP contribution in [0, 0.1) is 17.7 Å². The van der Waals surface area contributed by atoms with E-state index in [0.29, 0.717) is 18.9 Å². The first kappa shape index (κ1) is 14.4. The van der Waals surface area contributed by atoms with E-state index < -0.39 is 5.82 Å². The maximum atomic E-state index is 13.0. The smallest absolute Gasteiger partial charge is 0.141 e. The van der Waals surface area contributed by atoms with E-state index in [-0.39, 0.29) is 5.02 Å². The predicted octanol–water partition coefficient (Wildman–Crippen LogP) is 3.37. The summed E-state index contributed by atoms with van der Waals surface area (Å²) < 4.78 is 18.6. The van der Waals surface area contributed by atoms with Crippen LogP contribution < -0.4 is 10.5 Å². The quantitative estimate of drug-likeness (QED) is 0.879. The van der Waals surface area contributed by atoms with Gasteiger partial charge in [0, 0.05) is 5.56 Å². The summed E-state index contributed by atoms with van der Waals surface area (Å²) in [6, 6.07) is 11.9. The third kappa shape index (κ3) is 3.99. The van der Waals surface area contributed by atoms with E-state index in [0.717, 1.165) is 11.1 Å². The fraction of sp³-hybridized carbons (Fsp3) is 0.125. The lowest BCUT2D eigenvalue weighted by Crippen LogP contribution is -1.96. The first-order valence-corrected chi connectivity index (χ1v) is 6.42. The summed E-state index contributed by atoms with van der Waals surface area (Å²) in [5.41, 5.74) is 7.00. The molecule has 0 spiro atoms. The Labute approximate surface area is 122 Å². The van der Waals surface area contributed by atoms with Crippen LogP contribution in [-0.2, 0) is 6.61 Å². The summed E-state index contributed by atoms with van der Waals surface area (Å²) in [6.07, 6.45) is 0. The Hall–Kier alpha value is -2.02. The summed E-state index contributed by atoms with van der Waals surface area (Å²) in [4.78, 5) is 0. The predicted molar refractivity (Wildman–Crippen MR) is 78.1 cm³/mol. The molecule has 2 rings (SSSR count). The Morgan fingerprint density at radius 1 is 1.15 bits per heavy atom. The van der Waals surface area contributed by atoms with E-state index in [4.69, 9.17) is 22.1 Å². The lowest BCUT2D eigenvalue weighted by atomic mass is 10.2. The van der Waals surface area contributed by atoms with Crippen molar-refractivity contribution < 1.29 is 9.13 Å². The summed E-state index contributed by atoms with van der Waals surface area (Å²) >= 11 is 5.71. The largest absolute Gasteiger partial charge is 0.489 e. The van der Waals surface area contributed by atoms with Crippen LogP contribution in [0.4, 0.5) is 4.39 Å². The summed E-state index contributed by atoms with van der Waals surface area (Å²) in [5, 5.41) is 0.0958. The van der Waals surface area contributed by atoms with E-state index in [1.807, 2.05) is 24.3 Å². The topological polar surface area (TPSA) is 35.2 Å². The number of ether oxygens (including phenoxy) is 1. The van der Waals surface area contributed by atoms with Gasteiger partial charge in [0.15, 0.2) is 0 Å². The minimum atomic E-state index is -0.432. The Bertz CT molecular complexity index is 644. The van der Waals surface area contributed by atoms with Gasteiger partial charge in [-0.15, -0.1) is 0 Å². The third-order valence-corrected chi connectivity index (χ3v) is 2.87. The second-order valence-electron chi connectivity index (χ2n) is 4.07. The van der Waals surface area contributed by atoms with Crippen molar-refractivity contribution in [1.29, 1.82) is 0 Å². The van der Waals surface area contributed by atoms with Gasteiger partial charge < -0.3 is 10.5 Å². The van der Waals surface area contributed by atoms with E-state index in [9.17, 15) is 4.39 Å². The highest BCUT2D eigenvalue weighted by atomic mass is 35.5. The summed E-state index contributed by atoms with van der Waals surface area (Å²) in [6.45, 7) is 0.664. The zero-order valence-corrected chi connectivity index (χ0v) is 11.5. The summed E-state index contributed by atoms with van der Waals surface area (Å²) in [5.74, 6) is 5.99. The molecule has 0 aliphatic heterocycles. The molecule has 0 saturated heterocycles. The molecule has 2 aromatic rings. The van der Waals surface area contributed by atoms with Crippen molar-refractivity contribution in [1.82, 2.24) is 0 Å². The van der Waals surface area contributed by atoms with Gasteiger partial charge in [0.1, 0.15) is 18.2 Å². The highest BCUT2D eigenvalue weighted by Gasteiger charge is 2.01. The van der Waals surface area contributed by atoms with Crippen LogP contribution in [0.25, 0.3) is 0 Å². The first-order valence-electron chi connectivity index (χ1n) is 6.05. The zero-order valence-electron chi connectivity index (χ0n) is 10.7. The molecule has 2 N–H and O–H groups in total. The van der Waals surface area contributed by atoms with Crippen LogP contribution in [0.5, 0.6) is 5.75 Å². The fourth-order valence-corrected chi connectivity index (χ4v) is 1.79. The molecule has 20 heavy (non-hydrogen) atoms. The van der Waals surface area contributed by atoms with Crippen molar-refractivity contribution in [3.05, 3.63) is 64.4 Å². The monoisotopic (exact) mass is 289 g/mol. The van der Waals surface area contributed by atoms with Crippen molar-refractivity contribution in [3.63, 3.8) is 0 Å². The molecular weight excluding hydrogens is 277 g/mol. The fourth-order valence-electron chi connectivity index (χ4n) is 1.58. The van der Waals surface area contributed by atoms with Gasteiger partial charge in [0.05, 0.1) is 11.6 Å². The van der Waals surface area contributed by atoms with E-state index in [1.165, 1.54) is 6.07 Å².